The van der Waals surface area contributed by atoms with E-state index in [1.54, 1.807) is 7.05 Å². The van der Waals surface area contributed by atoms with Crippen LogP contribution in [0.25, 0.3) is 0 Å². The van der Waals surface area contributed by atoms with E-state index >= 15 is 0 Å². The van der Waals surface area contributed by atoms with Crippen molar-refractivity contribution in [2.24, 2.45) is 0 Å². The van der Waals surface area contributed by atoms with Crippen molar-refractivity contribution in [1.29, 1.82) is 0 Å². The zero-order chi connectivity index (χ0) is 11.5. The van der Waals surface area contributed by atoms with E-state index in [4.69, 9.17) is 9.47 Å². The molecule has 0 fully saturated rings. The Kier molecular flexibility index (Phi) is 2.85. The third kappa shape index (κ3) is 2.03. The van der Waals surface area contributed by atoms with Crippen molar-refractivity contribution in [3.05, 3.63) is 23.8 Å². The lowest BCUT2D eigenvalue weighted by Gasteiger charge is -2.15. The lowest BCUT2D eigenvalue weighted by atomic mass is 10.2. The molecule has 1 aromatic carbocycles. The molecule has 0 saturated heterocycles. The van der Waals surface area contributed by atoms with Gasteiger partial charge < -0.3 is 19.1 Å². The van der Waals surface area contributed by atoms with Crippen LogP contribution in [0.3, 0.4) is 0 Å². The second kappa shape index (κ2) is 4.30. The van der Waals surface area contributed by atoms with Crippen LogP contribution in [-0.4, -0.2) is 31.9 Å². The summed E-state index contributed by atoms with van der Waals surface area (Å²) in [5.41, 5.74) is 0.970. The molecule has 5 heteroatoms. The highest BCUT2D eigenvalue weighted by molar-refractivity contribution is 5.67. The topological polar surface area (TPSA) is 48.0 Å². The van der Waals surface area contributed by atoms with Crippen molar-refractivity contribution in [2.45, 2.75) is 6.54 Å². The van der Waals surface area contributed by atoms with E-state index in [-0.39, 0.29) is 12.9 Å². The predicted octanol–water partition coefficient (Wildman–Crippen LogP) is 1.61. The van der Waals surface area contributed by atoms with Crippen LogP contribution in [0.15, 0.2) is 18.2 Å². The second-order valence-corrected chi connectivity index (χ2v) is 3.51. The third-order valence-electron chi connectivity index (χ3n) is 2.34. The molecular formula is C11H13NO4. The number of fused-ring (bicyclic) bond motifs is 1. The maximum absolute atomic E-state index is 11.2. The van der Waals surface area contributed by atoms with Gasteiger partial charge in [0, 0.05) is 13.6 Å². The summed E-state index contributed by atoms with van der Waals surface area (Å²) < 4.78 is 15.1. The summed E-state index contributed by atoms with van der Waals surface area (Å²) in [4.78, 5) is 12.7. The summed E-state index contributed by atoms with van der Waals surface area (Å²) >= 11 is 0. The van der Waals surface area contributed by atoms with E-state index in [1.807, 2.05) is 18.2 Å². The molecule has 0 aliphatic carbocycles. The van der Waals surface area contributed by atoms with Gasteiger partial charge in [-0.2, -0.15) is 0 Å². The van der Waals surface area contributed by atoms with Crippen molar-refractivity contribution in [3.8, 4) is 11.5 Å². The van der Waals surface area contributed by atoms with Crippen molar-refractivity contribution in [3.63, 3.8) is 0 Å². The lowest BCUT2D eigenvalue weighted by molar-refractivity contribution is 0.131. The van der Waals surface area contributed by atoms with Gasteiger partial charge in [0.05, 0.1) is 7.11 Å². The number of amides is 1. The van der Waals surface area contributed by atoms with Crippen LogP contribution in [0.1, 0.15) is 5.56 Å². The molecule has 16 heavy (non-hydrogen) atoms. The van der Waals surface area contributed by atoms with Crippen LogP contribution in [0, 0.1) is 0 Å². The van der Waals surface area contributed by atoms with E-state index in [9.17, 15) is 4.79 Å². The number of hydrogen-bond acceptors (Lipinski definition) is 4. The molecule has 0 radical (unpaired) electrons. The predicted molar refractivity (Wildman–Crippen MR) is 56.4 cm³/mol. The van der Waals surface area contributed by atoms with Gasteiger partial charge in [-0.15, -0.1) is 0 Å². The highest BCUT2D eigenvalue weighted by Crippen LogP contribution is 2.32. The number of methoxy groups -OCH3 is 1. The first kappa shape index (κ1) is 10.6. The van der Waals surface area contributed by atoms with Gasteiger partial charge >= 0.3 is 6.09 Å². The van der Waals surface area contributed by atoms with Crippen LogP contribution < -0.4 is 9.47 Å². The van der Waals surface area contributed by atoms with Gasteiger partial charge in [0.15, 0.2) is 11.5 Å². The first-order chi connectivity index (χ1) is 7.70. The summed E-state index contributed by atoms with van der Waals surface area (Å²) in [6.45, 7) is 0.731. The molecule has 0 bridgehead atoms. The Morgan fingerprint density at radius 2 is 2.19 bits per heavy atom. The highest BCUT2D eigenvalue weighted by atomic mass is 16.7. The van der Waals surface area contributed by atoms with E-state index in [0.29, 0.717) is 6.54 Å². The van der Waals surface area contributed by atoms with Gasteiger partial charge in [-0.1, -0.05) is 6.07 Å². The van der Waals surface area contributed by atoms with Crippen molar-refractivity contribution in [1.82, 2.24) is 4.90 Å². The minimum atomic E-state index is -0.363. The quantitative estimate of drug-likeness (QED) is 0.764. The Labute approximate surface area is 93.5 Å². The lowest BCUT2D eigenvalue weighted by Crippen LogP contribution is -2.25. The molecule has 1 aromatic rings. The largest absolute Gasteiger partial charge is 0.454 e. The number of ether oxygens (including phenoxy) is 3. The zero-order valence-corrected chi connectivity index (χ0v) is 9.23. The number of hydrogen-bond donors (Lipinski definition) is 0. The molecule has 0 N–H and O–H groups in total. The fraction of sp³-hybridized carbons (Fsp3) is 0.364. The number of carbonyl (C=O) groups excluding carboxylic acids is 1. The summed E-state index contributed by atoms with van der Waals surface area (Å²) in [5.74, 6) is 1.46. The molecule has 0 spiro atoms. The Balaban J connectivity index is 2.08. The number of carbonyl (C=O) groups is 1. The van der Waals surface area contributed by atoms with Crippen molar-refractivity contribution < 1.29 is 19.0 Å². The van der Waals surface area contributed by atoms with Crippen LogP contribution in [0.5, 0.6) is 11.5 Å². The molecule has 0 unspecified atom stereocenters. The molecule has 5 nitrogen and oxygen atoms in total. The van der Waals surface area contributed by atoms with Crippen LogP contribution >= 0.6 is 0 Å². The summed E-state index contributed by atoms with van der Waals surface area (Å²) in [7, 11) is 3.04. The standard InChI is InChI=1S/C11H13NO4/c1-12(11(13)14-2)6-8-3-4-9-10(5-8)16-7-15-9/h3-5H,6-7H2,1-2H3. The van der Waals surface area contributed by atoms with E-state index in [2.05, 4.69) is 4.74 Å². The molecule has 1 aliphatic heterocycles. The van der Waals surface area contributed by atoms with Gasteiger partial charge in [-0.3, -0.25) is 0 Å². The molecular weight excluding hydrogens is 210 g/mol. The van der Waals surface area contributed by atoms with Gasteiger partial charge in [0.2, 0.25) is 6.79 Å². The maximum atomic E-state index is 11.2. The van der Waals surface area contributed by atoms with Crippen LogP contribution in [0.4, 0.5) is 4.79 Å². The van der Waals surface area contributed by atoms with Gasteiger partial charge in [0.25, 0.3) is 0 Å². The smallest absolute Gasteiger partial charge is 0.409 e. The normalized spacial score (nSPS) is 12.4. The molecule has 2 rings (SSSR count). The molecule has 1 aliphatic rings. The van der Waals surface area contributed by atoms with E-state index in [1.165, 1.54) is 12.0 Å². The molecule has 0 aromatic heterocycles. The average Bonchev–Trinajstić information content (AvgIpc) is 2.75. The Bertz CT molecular complexity index is 405. The van der Waals surface area contributed by atoms with E-state index in [0.717, 1.165) is 17.1 Å². The second-order valence-electron chi connectivity index (χ2n) is 3.51. The molecule has 1 heterocycles. The van der Waals surface area contributed by atoms with Crippen LogP contribution in [-0.2, 0) is 11.3 Å². The molecule has 0 saturated carbocycles. The fourth-order valence-corrected chi connectivity index (χ4v) is 1.53. The maximum Gasteiger partial charge on any atom is 0.409 e. The van der Waals surface area contributed by atoms with Gasteiger partial charge in [-0.05, 0) is 17.7 Å². The van der Waals surface area contributed by atoms with Crippen LogP contribution in [0.2, 0.25) is 0 Å². The SMILES string of the molecule is COC(=O)N(C)Cc1ccc2c(c1)OCO2. The number of rotatable bonds is 2. The Morgan fingerprint density at radius 3 is 2.94 bits per heavy atom. The van der Waals surface area contributed by atoms with E-state index < -0.39 is 0 Å². The molecule has 0 atom stereocenters. The number of nitrogens with zero attached hydrogens (tertiary/aromatic N) is 1. The fourth-order valence-electron chi connectivity index (χ4n) is 1.53. The summed E-state index contributed by atoms with van der Waals surface area (Å²) in [5, 5.41) is 0. The Morgan fingerprint density at radius 1 is 1.44 bits per heavy atom. The minimum Gasteiger partial charge on any atom is -0.454 e. The Hall–Kier alpha value is -1.91. The summed E-state index contributed by atoms with van der Waals surface area (Å²) in [6, 6.07) is 5.59. The third-order valence-corrected chi connectivity index (χ3v) is 2.34. The van der Waals surface area contributed by atoms with Gasteiger partial charge in [0.1, 0.15) is 0 Å². The first-order valence-electron chi connectivity index (χ1n) is 4.88. The molecule has 86 valence electrons. The monoisotopic (exact) mass is 223 g/mol. The zero-order valence-electron chi connectivity index (χ0n) is 9.23. The first-order valence-corrected chi connectivity index (χ1v) is 4.88. The minimum absolute atomic E-state index is 0.256. The summed E-state index contributed by atoms with van der Waals surface area (Å²) in [6.07, 6.45) is -0.363. The average molecular weight is 223 g/mol. The number of benzene rings is 1. The molecule has 1 amide bonds. The highest BCUT2D eigenvalue weighted by Gasteiger charge is 2.15. The van der Waals surface area contributed by atoms with Gasteiger partial charge in [-0.25, -0.2) is 4.79 Å². The van der Waals surface area contributed by atoms with Crippen molar-refractivity contribution in [2.75, 3.05) is 21.0 Å². The van der Waals surface area contributed by atoms with Crippen molar-refractivity contribution >= 4 is 6.09 Å².